The molecule has 0 fully saturated rings. The van der Waals surface area contributed by atoms with Crippen LogP contribution >= 0.6 is 0 Å². The Morgan fingerprint density at radius 1 is 1.00 bits per heavy atom. The van der Waals surface area contributed by atoms with Crippen LogP contribution in [0, 0.1) is 6.92 Å². The Morgan fingerprint density at radius 3 is 2.50 bits per heavy atom. The summed E-state index contributed by atoms with van der Waals surface area (Å²) in [5, 5.41) is 0. The summed E-state index contributed by atoms with van der Waals surface area (Å²) in [4.78, 5) is 20.6. The number of aryl methyl sites for hydroxylation is 1. The molecule has 30 heavy (non-hydrogen) atoms. The van der Waals surface area contributed by atoms with Gasteiger partial charge in [-0.2, -0.15) is 0 Å². The molecule has 0 aliphatic rings. The number of nitrogens with zero attached hydrogens (tertiary/aromatic N) is 3. The molecule has 0 amide bonds. The van der Waals surface area contributed by atoms with Gasteiger partial charge in [-0.05, 0) is 42.8 Å². The molecule has 0 saturated carbocycles. The van der Waals surface area contributed by atoms with Crippen molar-refractivity contribution in [2.24, 2.45) is 0 Å². The topological polar surface area (TPSA) is 101 Å². The van der Waals surface area contributed by atoms with E-state index in [0.29, 0.717) is 29.6 Å². The highest BCUT2D eigenvalue weighted by Crippen LogP contribution is 2.26. The van der Waals surface area contributed by atoms with E-state index in [1.165, 1.54) is 10.6 Å². The minimum Gasteiger partial charge on any atom is -0.497 e. The van der Waals surface area contributed by atoms with Crippen LogP contribution < -0.4 is 25.5 Å². The summed E-state index contributed by atoms with van der Waals surface area (Å²) >= 11 is 0. The molecule has 0 bridgehead atoms. The average Bonchev–Trinajstić information content (AvgIpc) is 2.76. The zero-order chi connectivity index (χ0) is 21.1. The molecule has 4 rings (SSSR count). The minimum absolute atomic E-state index is 0.0699. The SMILES string of the molecule is COc1ccc(COc2ncc(Oc3ccc4ncc(N)c(=O)n4c3)cc2C)cc1. The lowest BCUT2D eigenvalue weighted by Gasteiger charge is -2.11. The molecule has 0 atom stereocenters. The zero-order valence-corrected chi connectivity index (χ0v) is 16.5. The van der Waals surface area contributed by atoms with Gasteiger partial charge in [-0.15, -0.1) is 0 Å². The van der Waals surface area contributed by atoms with Crippen LogP contribution in [-0.4, -0.2) is 21.5 Å². The smallest absolute Gasteiger partial charge is 0.281 e. The third-order valence-electron chi connectivity index (χ3n) is 4.48. The molecule has 0 radical (unpaired) electrons. The summed E-state index contributed by atoms with van der Waals surface area (Å²) in [5.74, 6) is 2.30. The maximum Gasteiger partial charge on any atom is 0.281 e. The van der Waals surface area contributed by atoms with Gasteiger partial charge in [-0.25, -0.2) is 9.97 Å². The van der Waals surface area contributed by atoms with Gasteiger partial charge < -0.3 is 19.9 Å². The first kappa shape index (κ1) is 19.3. The van der Waals surface area contributed by atoms with E-state index >= 15 is 0 Å². The molecule has 0 aliphatic heterocycles. The molecule has 3 heterocycles. The van der Waals surface area contributed by atoms with Crippen molar-refractivity contribution >= 4 is 11.3 Å². The highest BCUT2D eigenvalue weighted by molar-refractivity contribution is 5.47. The van der Waals surface area contributed by atoms with Gasteiger partial charge in [0.1, 0.15) is 35.2 Å². The van der Waals surface area contributed by atoms with Crippen molar-refractivity contribution in [1.82, 2.24) is 14.4 Å². The van der Waals surface area contributed by atoms with E-state index in [2.05, 4.69) is 9.97 Å². The molecular formula is C22H20N4O4. The summed E-state index contributed by atoms with van der Waals surface area (Å²) in [6.45, 7) is 2.28. The fourth-order valence-electron chi connectivity index (χ4n) is 2.88. The van der Waals surface area contributed by atoms with Gasteiger partial charge >= 0.3 is 0 Å². The van der Waals surface area contributed by atoms with Gasteiger partial charge in [0, 0.05) is 5.56 Å². The van der Waals surface area contributed by atoms with Crippen LogP contribution in [0.4, 0.5) is 5.69 Å². The fourth-order valence-corrected chi connectivity index (χ4v) is 2.88. The number of pyridine rings is 2. The van der Waals surface area contributed by atoms with E-state index in [9.17, 15) is 4.79 Å². The van der Waals surface area contributed by atoms with E-state index < -0.39 is 0 Å². The lowest BCUT2D eigenvalue weighted by atomic mass is 10.2. The third-order valence-corrected chi connectivity index (χ3v) is 4.48. The number of ether oxygens (including phenoxy) is 3. The van der Waals surface area contributed by atoms with E-state index in [1.54, 1.807) is 31.6 Å². The minimum atomic E-state index is -0.345. The van der Waals surface area contributed by atoms with Crippen molar-refractivity contribution in [2.75, 3.05) is 12.8 Å². The molecule has 8 nitrogen and oxygen atoms in total. The molecule has 0 unspecified atom stereocenters. The van der Waals surface area contributed by atoms with Crippen LogP contribution in [0.3, 0.4) is 0 Å². The molecule has 4 aromatic rings. The second-order valence-electron chi connectivity index (χ2n) is 6.64. The highest BCUT2D eigenvalue weighted by atomic mass is 16.5. The Bertz CT molecular complexity index is 1250. The average molecular weight is 404 g/mol. The maximum atomic E-state index is 12.2. The van der Waals surface area contributed by atoms with E-state index in [-0.39, 0.29) is 11.2 Å². The number of anilines is 1. The van der Waals surface area contributed by atoms with Gasteiger partial charge in [0.25, 0.3) is 5.56 Å². The van der Waals surface area contributed by atoms with Gasteiger partial charge in [0.05, 0.1) is 25.7 Å². The number of hydrogen-bond acceptors (Lipinski definition) is 7. The number of methoxy groups -OCH3 is 1. The van der Waals surface area contributed by atoms with Crippen molar-refractivity contribution in [2.45, 2.75) is 13.5 Å². The molecule has 8 heteroatoms. The van der Waals surface area contributed by atoms with Crippen LogP contribution in [-0.2, 0) is 6.61 Å². The highest BCUT2D eigenvalue weighted by Gasteiger charge is 2.08. The van der Waals surface area contributed by atoms with Crippen molar-refractivity contribution in [3.05, 3.63) is 82.5 Å². The predicted octanol–water partition coefficient (Wildman–Crippen LogP) is 3.36. The van der Waals surface area contributed by atoms with Gasteiger partial charge in [-0.1, -0.05) is 12.1 Å². The lowest BCUT2D eigenvalue weighted by molar-refractivity contribution is 0.290. The normalized spacial score (nSPS) is 10.7. The van der Waals surface area contributed by atoms with E-state index in [4.69, 9.17) is 19.9 Å². The largest absolute Gasteiger partial charge is 0.497 e. The van der Waals surface area contributed by atoms with Gasteiger partial charge in [0.15, 0.2) is 0 Å². The Morgan fingerprint density at radius 2 is 1.77 bits per heavy atom. The van der Waals surface area contributed by atoms with Crippen LogP contribution in [0.5, 0.6) is 23.1 Å². The summed E-state index contributed by atoms with van der Waals surface area (Å²) in [6, 6.07) is 12.9. The zero-order valence-electron chi connectivity index (χ0n) is 16.5. The van der Waals surface area contributed by atoms with E-state index in [0.717, 1.165) is 16.9 Å². The summed E-state index contributed by atoms with van der Waals surface area (Å²) in [5.41, 5.74) is 7.68. The number of hydrogen-bond donors (Lipinski definition) is 1. The standard InChI is InChI=1S/C22H20N4O4/c1-14-9-18(10-25-21(14)29-13-15-3-5-16(28-2)6-4-15)30-17-7-8-20-24-11-19(23)22(27)26(20)12-17/h3-12H,13,23H2,1-2H3. The second kappa shape index (κ2) is 8.12. The molecule has 1 aromatic carbocycles. The van der Waals surface area contributed by atoms with E-state index in [1.807, 2.05) is 37.3 Å². The third kappa shape index (κ3) is 4.02. The molecule has 152 valence electrons. The first-order valence-electron chi connectivity index (χ1n) is 9.20. The summed E-state index contributed by atoms with van der Waals surface area (Å²) < 4.78 is 18.2. The monoisotopic (exact) mass is 404 g/mol. The number of fused-ring (bicyclic) bond motifs is 1. The number of aromatic nitrogens is 3. The first-order valence-corrected chi connectivity index (χ1v) is 9.20. The number of benzene rings is 1. The van der Waals surface area contributed by atoms with Gasteiger partial charge in [0.2, 0.25) is 5.88 Å². The Hall–Kier alpha value is -4.07. The summed E-state index contributed by atoms with van der Waals surface area (Å²) in [6.07, 6.45) is 4.46. The number of nitrogens with two attached hydrogens (primary N) is 1. The van der Waals surface area contributed by atoms with Crippen LogP contribution in [0.25, 0.3) is 5.65 Å². The van der Waals surface area contributed by atoms with Crippen molar-refractivity contribution in [1.29, 1.82) is 0 Å². The van der Waals surface area contributed by atoms with Gasteiger partial charge in [-0.3, -0.25) is 9.20 Å². The van der Waals surface area contributed by atoms with Crippen molar-refractivity contribution in [3.8, 4) is 23.1 Å². The first-order chi connectivity index (χ1) is 14.5. The Balaban J connectivity index is 1.48. The van der Waals surface area contributed by atoms with Crippen LogP contribution in [0.2, 0.25) is 0 Å². The maximum absolute atomic E-state index is 12.2. The predicted molar refractivity (Wildman–Crippen MR) is 112 cm³/mol. The summed E-state index contributed by atoms with van der Waals surface area (Å²) in [7, 11) is 1.63. The molecule has 3 aromatic heterocycles. The quantitative estimate of drug-likeness (QED) is 0.526. The van der Waals surface area contributed by atoms with Crippen molar-refractivity contribution in [3.63, 3.8) is 0 Å². The second-order valence-corrected chi connectivity index (χ2v) is 6.64. The number of rotatable bonds is 6. The Kier molecular flexibility index (Phi) is 5.21. The van der Waals surface area contributed by atoms with Crippen molar-refractivity contribution < 1.29 is 14.2 Å². The molecule has 0 spiro atoms. The molecule has 2 N–H and O–H groups in total. The molecule has 0 saturated heterocycles. The fraction of sp³-hybridized carbons (Fsp3) is 0.136. The number of nitrogen functional groups attached to an aromatic ring is 1. The Labute approximate surface area is 172 Å². The molecule has 0 aliphatic carbocycles. The van der Waals surface area contributed by atoms with Crippen LogP contribution in [0.15, 0.2) is 65.8 Å². The van der Waals surface area contributed by atoms with Crippen LogP contribution in [0.1, 0.15) is 11.1 Å². The molecular weight excluding hydrogens is 384 g/mol. The lowest BCUT2D eigenvalue weighted by Crippen LogP contribution is -2.18.